The number of hydrogen-bond donors (Lipinski definition) is 3. The second kappa shape index (κ2) is 5.09. The maximum atomic E-state index is 13.1. The fourth-order valence-corrected chi connectivity index (χ4v) is 1.69. The minimum atomic E-state index is -0.579. The van der Waals surface area contributed by atoms with Gasteiger partial charge in [-0.3, -0.25) is 4.79 Å². The zero-order valence-electron chi connectivity index (χ0n) is 10.6. The van der Waals surface area contributed by atoms with Gasteiger partial charge in [0, 0.05) is 11.9 Å². The van der Waals surface area contributed by atoms with Gasteiger partial charge in [-0.05, 0) is 32.0 Å². The van der Waals surface area contributed by atoms with Gasteiger partial charge in [-0.25, -0.2) is 9.37 Å². The fraction of sp³-hybridized carbons (Fsp3) is 0.231. The maximum Gasteiger partial charge on any atom is 0.255 e. The number of aromatic hydroxyl groups is 1. The third-order valence-corrected chi connectivity index (χ3v) is 2.68. The van der Waals surface area contributed by atoms with E-state index in [-0.39, 0.29) is 17.4 Å². The molecule has 0 saturated carbocycles. The van der Waals surface area contributed by atoms with E-state index in [4.69, 9.17) is 0 Å². The number of amides is 1. The summed E-state index contributed by atoms with van der Waals surface area (Å²) in [5.41, 5.74) is 0.778. The number of carbonyl (C=O) groups is 1. The van der Waals surface area contributed by atoms with Gasteiger partial charge in [0.25, 0.3) is 5.91 Å². The van der Waals surface area contributed by atoms with Gasteiger partial charge in [0.05, 0.1) is 11.6 Å². The molecule has 19 heavy (non-hydrogen) atoms. The topological polar surface area (TPSA) is 78.0 Å². The molecule has 1 aromatic carbocycles. The molecule has 0 fully saturated rings. The zero-order chi connectivity index (χ0) is 14.0. The molecule has 1 heterocycles. The number of benzene rings is 1. The standard InChI is InChI=1S/C13H14FN3O2/c1-7-6-15-12(16-7)8(2)17-13(19)10-5-9(14)3-4-11(10)18/h3-6,8,18H,1-2H3,(H,15,16)(H,17,19)/t8-/m0/s1. The van der Waals surface area contributed by atoms with Crippen LogP contribution in [0.4, 0.5) is 4.39 Å². The number of aromatic nitrogens is 2. The Hall–Kier alpha value is -2.37. The Morgan fingerprint density at radius 1 is 1.53 bits per heavy atom. The van der Waals surface area contributed by atoms with E-state index in [1.165, 1.54) is 0 Å². The summed E-state index contributed by atoms with van der Waals surface area (Å²) in [7, 11) is 0. The van der Waals surface area contributed by atoms with Gasteiger partial charge in [-0.15, -0.1) is 0 Å². The molecule has 0 spiro atoms. The molecule has 3 N–H and O–H groups in total. The number of H-pyrrole nitrogens is 1. The average molecular weight is 263 g/mol. The molecule has 0 radical (unpaired) electrons. The zero-order valence-corrected chi connectivity index (χ0v) is 10.6. The van der Waals surface area contributed by atoms with Gasteiger partial charge >= 0.3 is 0 Å². The van der Waals surface area contributed by atoms with Crippen LogP contribution in [0.25, 0.3) is 0 Å². The van der Waals surface area contributed by atoms with E-state index in [1.807, 2.05) is 6.92 Å². The van der Waals surface area contributed by atoms with E-state index in [0.29, 0.717) is 5.82 Å². The summed E-state index contributed by atoms with van der Waals surface area (Å²) in [4.78, 5) is 19.0. The van der Waals surface area contributed by atoms with Crippen molar-refractivity contribution in [2.24, 2.45) is 0 Å². The predicted octanol–water partition coefficient (Wildman–Crippen LogP) is 2.05. The number of aryl methyl sites for hydroxylation is 1. The van der Waals surface area contributed by atoms with Crippen LogP contribution in [0.3, 0.4) is 0 Å². The molecule has 1 aromatic heterocycles. The highest BCUT2D eigenvalue weighted by atomic mass is 19.1. The minimum absolute atomic E-state index is 0.102. The molecule has 2 aromatic rings. The number of nitrogens with zero attached hydrogens (tertiary/aromatic N) is 1. The van der Waals surface area contributed by atoms with Crippen LogP contribution in [0.1, 0.15) is 34.8 Å². The number of imidazole rings is 1. The fourth-order valence-electron chi connectivity index (χ4n) is 1.69. The summed E-state index contributed by atoms with van der Waals surface area (Å²) < 4.78 is 13.1. The normalized spacial score (nSPS) is 12.2. The summed E-state index contributed by atoms with van der Waals surface area (Å²) >= 11 is 0. The first-order valence-electron chi connectivity index (χ1n) is 5.78. The molecule has 2 rings (SSSR count). The second-order valence-electron chi connectivity index (χ2n) is 4.31. The molecular formula is C13H14FN3O2. The molecule has 1 amide bonds. The second-order valence-corrected chi connectivity index (χ2v) is 4.31. The Labute approximate surface area is 109 Å². The van der Waals surface area contributed by atoms with Crippen LogP contribution in [-0.4, -0.2) is 21.0 Å². The number of rotatable bonds is 3. The van der Waals surface area contributed by atoms with Gasteiger partial charge < -0.3 is 15.4 Å². The molecule has 0 unspecified atom stereocenters. The van der Waals surface area contributed by atoms with Gasteiger partial charge in [0.15, 0.2) is 0 Å². The van der Waals surface area contributed by atoms with Gasteiger partial charge in [0.2, 0.25) is 0 Å². The molecule has 0 aliphatic rings. The molecule has 100 valence electrons. The van der Waals surface area contributed by atoms with Crippen molar-refractivity contribution in [1.82, 2.24) is 15.3 Å². The number of aromatic amines is 1. The lowest BCUT2D eigenvalue weighted by Gasteiger charge is -2.12. The highest BCUT2D eigenvalue weighted by molar-refractivity contribution is 5.96. The van der Waals surface area contributed by atoms with Crippen LogP contribution >= 0.6 is 0 Å². The Morgan fingerprint density at radius 2 is 2.26 bits per heavy atom. The first kappa shape index (κ1) is 13.1. The summed E-state index contributed by atoms with van der Waals surface area (Å²) in [6.45, 7) is 3.59. The van der Waals surface area contributed by atoms with E-state index in [9.17, 15) is 14.3 Å². The lowest BCUT2D eigenvalue weighted by atomic mass is 10.1. The van der Waals surface area contributed by atoms with Gasteiger partial charge in [-0.2, -0.15) is 0 Å². The molecule has 5 nitrogen and oxygen atoms in total. The quantitative estimate of drug-likeness (QED) is 0.793. The Bertz CT molecular complexity index is 610. The summed E-state index contributed by atoms with van der Waals surface area (Å²) in [5.74, 6) is -0.800. The summed E-state index contributed by atoms with van der Waals surface area (Å²) in [5, 5.41) is 12.2. The summed E-state index contributed by atoms with van der Waals surface area (Å²) in [6.07, 6.45) is 1.65. The third-order valence-electron chi connectivity index (χ3n) is 2.68. The molecular weight excluding hydrogens is 249 g/mol. The van der Waals surface area contributed by atoms with Crippen LogP contribution in [-0.2, 0) is 0 Å². The van der Waals surface area contributed by atoms with E-state index in [0.717, 1.165) is 23.9 Å². The number of phenolic OH excluding ortho intramolecular Hbond substituents is 1. The van der Waals surface area contributed by atoms with Crippen LogP contribution in [0.2, 0.25) is 0 Å². The summed E-state index contributed by atoms with van der Waals surface area (Å²) in [6, 6.07) is 2.85. The Kier molecular flexibility index (Phi) is 3.50. The van der Waals surface area contributed by atoms with Crippen LogP contribution in [0.5, 0.6) is 5.75 Å². The first-order valence-corrected chi connectivity index (χ1v) is 5.78. The molecule has 0 saturated heterocycles. The third kappa shape index (κ3) is 2.90. The van der Waals surface area contributed by atoms with Crippen molar-refractivity contribution in [2.75, 3.05) is 0 Å². The molecule has 0 bridgehead atoms. The number of halogens is 1. The highest BCUT2D eigenvalue weighted by Gasteiger charge is 2.17. The van der Waals surface area contributed by atoms with Crippen LogP contribution in [0, 0.1) is 12.7 Å². The molecule has 0 aliphatic carbocycles. The Morgan fingerprint density at radius 3 is 2.89 bits per heavy atom. The van der Waals surface area contributed by atoms with Crippen molar-refractivity contribution in [3.8, 4) is 5.75 Å². The van der Waals surface area contributed by atoms with E-state index >= 15 is 0 Å². The molecule has 6 heteroatoms. The lowest BCUT2D eigenvalue weighted by Crippen LogP contribution is -2.27. The maximum absolute atomic E-state index is 13.1. The van der Waals surface area contributed by atoms with Crippen molar-refractivity contribution >= 4 is 5.91 Å². The van der Waals surface area contributed by atoms with Crippen molar-refractivity contribution in [1.29, 1.82) is 0 Å². The largest absolute Gasteiger partial charge is 0.507 e. The predicted molar refractivity (Wildman–Crippen MR) is 67.3 cm³/mol. The minimum Gasteiger partial charge on any atom is -0.507 e. The number of carbonyl (C=O) groups excluding carboxylic acids is 1. The van der Waals surface area contributed by atoms with Crippen molar-refractivity contribution < 1.29 is 14.3 Å². The van der Waals surface area contributed by atoms with E-state index in [1.54, 1.807) is 13.1 Å². The first-order chi connectivity index (χ1) is 8.97. The van der Waals surface area contributed by atoms with Crippen molar-refractivity contribution in [3.05, 3.63) is 47.3 Å². The van der Waals surface area contributed by atoms with Crippen LogP contribution < -0.4 is 5.32 Å². The smallest absolute Gasteiger partial charge is 0.255 e. The number of phenols is 1. The van der Waals surface area contributed by atoms with Crippen LogP contribution in [0.15, 0.2) is 24.4 Å². The number of nitrogens with one attached hydrogen (secondary N) is 2. The van der Waals surface area contributed by atoms with E-state index in [2.05, 4.69) is 15.3 Å². The monoisotopic (exact) mass is 263 g/mol. The van der Waals surface area contributed by atoms with Crippen molar-refractivity contribution in [3.63, 3.8) is 0 Å². The van der Waals surface area contributed by atoms with E-state index < -0.39 is 11.7 Å². The molecule has 0 aliphatic heterocycles. The van der Waals surface area contributed by atoms with Gasteiger partial charge in [-0.1, -0.05) is 0 Å². The SMILES string of the molecule is Cc1cnc([C@H](C)NC(=O)c2cc(F)ccc2O)[nH]1. The number of hydrogen-bond acceptors (Lipinski definition) is 3. The average Bonchev–Trinajstić information content (AvgIpc) is 2.79. The van der Waals surface area contributed by atoms with Crippen molar-refractivity contribution in [2.45, 2.75) is 19.9 Å². The highest BCUT2D eigenvalue weighted by Crippen LogP contribution is 2.19. The lowest BCUT2D eigenvalue weighted by molar-refractivity contribution is 0.0935. The van der Waals surface area contributed by atoms with Gasteiger partial charge in [0.1, 0.15) is 17.4 Å². The molecule has 1 atom stereocenters. The Balaban J connectivity index is 2.15.